The van der Waals surface area contributed by atoms with Crippen LogP contribution in [0.15, 0.2) is 24.3 Å². The smallest absolute Gasteiger partial charge is 0.278 e. The van der Waals surface area contributed by atoms with Gasteiger partial charge in [0.15, 0.2) is 6.04 Å². The molecule has 0 radical (unpaired) electrons. The summed E-state index contributed by atoms with van der Waals surface area (Å²) in [4.78, 5) is 13.5. The maximum absolute atomic E-state index is 12.8. The van der Waals surface area contributed by atoms with Gasteiger partial charge < -0.3 is 10.2 Å². The molecule has 1 aliphatic heterocycles. The maximum Gasteiger partial charge on any atom is 0.278 e. The summed E-state index contributed by atoms with van der Waals surface area (Å²) in [6.45, 7) is 6.88. The second-order valence-corrected chi connectivity index (χ2v) is 5.91. The van der Waals surface area contributed by atoms with Crippen LogP contribution in [0.25, 0.3) is 0 Å². The number of benzene rings is 1. The number of halogens is 1. The first-order valence-corrected chi connectivity index (χ1v) is 7.43. The third kappa shape index (κ3) is 4.04. The molecule has 20 heavy (non-hydrogen) atoms. The molecular formula is C16H24FN2O+. The summed E-state index contributed by atoms with van der Waals surface area (Å²) >= 11 is 0. The molecule has 1 atom stereocenters. The van der Waals surface area contributed by atoms with Crippen LogP contribution in [0, 0.1) is 11.7 Å². The van der Waals surface area contributed by atoms with Gasteiger partial charge in [0.2, 0.25) is 0 Å². The van der Waals surface area contributed by atoms with Gasteiger partial charge in [-0.2, -0.15) is 0 Å². The van der Waals surface area contributed by atoms with Gasteiger partial charge in [0.05, 0.1) is 13.1 Å². The van der Waals surface area contributed by atoms with Crippen LogP contribution >= 0.6 is 0 Å². The highest BCUT2D eigenvalue weighted by atomic mass is 19.1. The van der Waals surface area contributed by atoms with Crippen LogP contribution < -0.4 is 10.2 Å². The van der Waals surface area contributed by atoms with Crippen LogP contribution in [-0.4, -0.2) is 25.0 Å². The Balaban J connectivity index is 1.80. The SMILES string of the molecule is CC1CC[NH+]([C@@H](C)C(=O)NCc2ccc(F)cc2)CC1. The van der Waals surface area contributed by atoms with Gasteiger partial charge in [0.1, 0.15) is 5.82 Å². The van der Waals surface area contributed by atoms with Gasteiger partial charge in [-0.15, -0.1) is 0 Å². The van der Waals surface area contributed by atoms with Crippen molar-refractivity contribution in [3.05, 3.63) is 35.6 Å². The van der Waals surface area contributed by atoms with Crippen molar-refractivity contribution in [2.45, 2.75) is 39.3 Å². The number of carbonyl (C=O) groups excluding carboxylic acids is 1. The molecule has 110 valence electrons. The Morgan fingerprint density at radius 3 is 2.55 bits per heavy atom. The topological polar surface area (TPSA) is 33.5 Å². The van der Waals surface area contributed by atoms with E-state index < -0.39 is 0 Å². The Labute approximate surface area is 120 Å². The van der Waals surface area contributed by atoms with Crippen LogP contribution in [0.1, 0.15) is 32.3 Å². The number of rotatable bonds is 4. The van der Waals surface area contributed by atoms with Crippen LogP contribution in [0.5, 0.6) is 0 Å². The molecule has 0 saturated carbocycles. The molecule has 2 N–H and O–H groups in total. The highest BCUT2D eigenvalue weighted by Crippen LogP contribution is 2.07. The van der Waals surface area contributed by atoms with Crippen LogP contribution in [-0.2, 0) is 11.3 Å². The standard InChI is InChI=1S/C16H23FN2O/c1-12-7-9-19(10-8-12)13(2)16(20)18-11-14-3-5-15(17)6-4-14/h3-6,12-13H,7-11H2,1-2H3,(H,18,20)/p+1/t13-/m0/s1. The van der Waals surface area contributed by atoms with Crippen molar-refractivity contribution < 1.29 is 14.1 Å². The monoisotopic (exact) mass is 279 g/mol. The molecule has 1 saturated heterocycles. The number of carbonyl (C=O) groups is 1. The fraction of sp³-hybridized carbons (Fsp3) is 0.562. The molecule has 1 aromatic rings. The summed E-state index contributed by atoms with van der Waals surface area (Å²) in [6, 6.07) is 6.23. The van der Waals surface area contributed by atoms with E-state index in [1.807, 2.05) is 6.92 Å². The number of hydrogen-bond acceptors (Lipinski definition) is 1. The van der Waals surface area contributed by atoms with Gasteiger partial charge >= 0.3 is 0 Å². The van der Waals surface area contributed by atoms with E-state index in [4.69, 9.17) is 0 Å². The van der Waals surface area contributed by atoms with Gasteiger partial charge in [-0.1, -0.05) is 19.1 Å². The molecule has 3 nitrogen and oxygen atoms in total. The number of quaternary nitrogens is 1. The van der Waals surface area contributed by atoms with Gasteiger partial charge in [-0.3, -0.25) is 4.79 Å². The molecule has 0 aromatic heterocycles. The molecule has 1 fully saturated rings. The molecule has 0 aliphatic carbocycles. The number of hydrogen-bond donors (Lipinski definition) is 2. The third-order valence-electron chi connectivity index (χ3n) is 4.30. The lowest BCUT2D eigenvalue weighted by atomic mass is 9.98. The van der Waals surface area contributed by atoms with Crippen molar-refractivity contribution in [1.29, 1.82) is 0 Å². The Hall–Kier alpha value is -1.42. The van der Waals surface area contributed by atoms with E-state index in [-0.39, 0.29) is 17.8 Å². The average molecular weight is 279 g/mol. The fourth-order valence-electron chi connectivity index (χ4n) is 2.70. The Morgan fingerprint density at radius 1 is 1.35 bits per heavy atom. The lowest BCUT2D eigenvalue weighted by Gasteiger charge is -2.31. The van der Waals surface area contributed by atoms with E-state index >= 15 is 0 Å². The first-order chi connectivity index (χ1) is 9.56. The molecule has 4 heteroatoms. The Kier molecular flexibility index (Phi) is 5.12. The van der Waals surface area contributed by atoms with Crippen molar-refractivity contribution in [2.24, 2.45) is 5.92 Å². The molecule has 0 unspecified atom stereocenters. The number of likely N-dealkylation sites (tertiary alicyclic amines) is 1. The molecule has 1 aliphatic rings. The lowest BCUT2D eigenvalue weighted by Crippen LogP contribution is -3.17. The molecule has 2 rings (SSSR count). The number of amides is 1. The minimum Gasteiger partial charge on any atom is -0.347 e. The molecule has 1 aromatic carbocycles. The van der Waals surface area contributed by atoms with Crippen LogP contribution in [0.4, 0.5) is 4.39 Å². The number of nitrogens with one attached hydrogen (secondary N) is 2. The highest BCUT2D eigenvalue weighted by Gasteiger charge is 2.28. The summed E-state index contributed by atoms with van der Waals surface area (Å²) in [6.07, 6.45) is 2.40. The maximum atomic E-state index is 12.8. The van der Waals surface area contributed by atoms with Gasteiger partial charge in [0.25, 0.3) is 5.91 Å². The molecular weight excluding hydrogens is 255 g/mol. The zero-order chi connectivity index (χ0) is 14.5. The van der Waals surface area contributed by atoms with E-state index in [1.54, 1.807) is 12.1 Å². The fourth-order valence-corrected chi connectivity index (χ4v) is 2.70. The Bertz CT molecular complexity index is 438. The van der Waals surface area contributed by atoms with Gasteiger partial charge in [-0.25, -0.2) is 4.39 Å². The molecule has 1 heterocycles. The zero-order valence-corrected chi connectivity index (χ0v) is 12.3. The summed E-state index contributed by atoms with van der Waals surface area (Å²) in [5.74, 6) is 0.618. The highest BCUT2D eigenvalue weighted by molar-refractivity contribution is 5.79. The van der Waals surface area contributed by atoms with Gasteiger partial charge in [-0.05, 0) is 43.4 Å². The number of piperidine rings is 1. The molecule has 1 amide bonds. The molecule has 0 bridgehead atoms. The first-order valence-electron chi connectivity index (χ1n) is 7.43. The summed E-state index contributed by atoms with van der Waals surface area (Å²) in [5, 5.41) is 2.94. The average Bonchev–Trinajstić information content (AvgIpc) is 2.46. The normalized spacial score (nSPS) is 24.1. The summed E-state index contributed by atoms with van der Waals surface area (Å²) < 4.78 is 12.8. The Morgan fingerprint density at radius 2 is 1.95 bits per heavy atom. The molecule has 0 spiro atoms. The quantitative estimate of drug-likeness (QED) is 0.851. The summed E-state index contributed by atoms with van der Waals surface area (Å²) in [7, 11) is 0. The first kappa shape index (κ1) is 15.0. The van der Waals surface area contributed by atoms with Crippen molar-refractivity contribution in [3.63, 3.8) is 0 Å². The van der Waals surface area contributed by atoms with Gasteiger partial charge in [0, 0.05) is 6.54 Å². The second-order valence-electron chi connectivity index (χ2n) is 5.91. The lowest BCUT2D eigenvalue weighted by molar-refractivity contribution is -0.920. The predicted octanol–water partition coefficient (Wildman–Crippen LogP) is 1.15. The minimum atomic E-state index is -0.250. The van der Waals surface area contributed by atoms with Crippen LogP contribution in [0.3, 0.4) is 0 Å². The third-order valence-corrected chi connectivity index (χ3v) is 4.30. The van der Waals surface area contributed by atoms with E-state index in [2.05, 4.69) is 12.2 Å². The van der Waals surface area contributed by atoms with Crippen molar-refractivity contribution >= 4 is 5.91 Å². The predicted molar refractivity (Wildman–Crippen MR) is 76.8 cm³/mol. The minimum absolute atomic E-state index is 0.0112. The van der Waals surface area contributed by atoms with Crippen LogP contribution in [0.2, 0.25) is 0 Å². The second kappa shape index (κ2) is 6.84. The van der Waals surface area contributed by atoms with E-state index in [0.29, 0.717) is 6.54 Å². The van der Waals surface area contributed by atoms with E-state index in [1.165, 1.54) is 29.9 Å². The van der Waals surface area contributed by atoms with Crippen molar-refractivity contribution in [3.8, 4) is 0 Å². The van der Waals surface area contributed by atoms with E-state index in [0.717, 1.165) is 24.6 Å². The largest absolute Gasteiger partial charge is 0.347 e. The van der Waals surface area contributed by atoms with Crippen molar-refractivity contribution in [1.82, 2.24) is 5.32 Å². The summed E-state index contributed by atoms with van der Waals surface area (Å²) in [5.41, 5.74) is 0.925. The zero-order valence-electron chi connectivity index (χ0n) is 12.3. The van der Waals surface area contributed by atoms with Crippen molar-refractivity contribution in [2.75, 3.05) is 13.1 Å². The van der Waals surface area contributed by atoms with E-state index in [9.17, 15) is 9.18 Å².